The molecule has 0 amide bonds. The second-order valence-electron chi connectivity index (χ2n) is 4.72. The summed E-state index contributed by atoms with van der Waals surface area (Å²) < 4.78 is 0. The third-order valence-electron chi connectivity index (χ3n) is 3.85. The molecule has 88 valence electrons. The van der Waals surface area contributed by atoms with E-state index in [2.05, 4.69) is 23.0 Å². The molecule has 0 saturated carbocycles. The highest BCUT2D eigenvalue weighted by atomic mass is 16.1. The summed E-state index contributed by atoms with van der Waals surface area (Å²) >= 11 is 0. The van der Waals surface area contributed by atoms with Crippen LogP contribution in [0.1, 0.15) is 48.2 Å². The maximum atomic E-state index is 11.1. The average Bonchev–Trinajstić information content (AvgIpc) is 2.77. The number of nitrogens with one attached hydrogen (secondary N) is 1. The smallest absolute Gasteiger partial charge is 0.151 e. The Balaban J connectivity index is 2.18. The van der Waals surface area contributed by atoms with Gasteiger partial charge in [-0.1, -0.05) is 13.0 Å². The van der Waals surface area contributed by atoms with E-state index in [1.807, 2.05) is 6.21 Å². The molecule has 1 aliphatic carbocycles. The molecule has 1 atom stereocenters. The molecule has 2 aliphatic rings. The van der Waals surface area contributed by atoms with Gasteiger partial charge in [-0.3, -0.25) is 9.79 Å². The predicted molar refractivity (Wildman–Crippen MR) is 68.4 cm³/mol. The Kier molecular flexibility index (Phi) is 2.46. The number of hydrogen-bond acceptors (Lipinski definition) is 2. The molecule has 1 aromatic heterocycles. The maximum Gasteiger partial charge on any atom is 0.151 e. The van der Waals surface area contributed by atoms with E-state index in [4.69, 9.17) is 0 Å². The molecule has 1 aromatic rings. The SMILES string of the molecule is CCC1CC=C(C=O)c2[nH]c3c(c21)CC=NC3. The van der Waals surface area contributed by atoms with Gasteiger partial charge in [-0.2, -0.15) is 0 Å². The molecule has 0 saturated heterocycles. The molecule has 1 N–H and O–H groups in total. The second kappa shape index (κ2) is 3.99. The average molecular weight is 228 g/mol. The molecule has 0 aromatic carbocycles. The van der Waals surface area contributed by atoms with Crippen molar-refractivity contribution in [1.29, 1.82) is 0 Å². The van der Waals surface area contributed by atoms with Gasteiger partial charge in [-0.15, -0.1) is 0 Å². The largest absolute Gasteiger partial charge is 0.356 e. The number of aldehydes is 1. The number of aliphatic imine (C=N–C) groups is 1. The summed E-state index contributed by atoms with van der Waals surface area (Å²) in [5, 5.41) is 0. The number of carbonyl (C=O) groups excluding carboxylic acids is 1. The van der Waals surface area contributed by atoms with Gasteiger partial charge in [-0.25, -0.2) is 0 Å². The number of fused-ring (bicyclic) bond motifs is 3. The lowest BCUT2D eigenvalue weighted by molar-refractivity contribution is -0.103. The van der Waals surface area contributed by atoms with E-state index in [0.29, 0.717) is 5.92 Å². The Morgan fingerprint density at radius 1 is 1.59 bits per heavy atom. The predicted octanol–water partition coefficient (Wildman–Crippen LogP) is 2.62. The third-order valence-corrected chi connectivity index (χ3v) is 3.85. The zero-order valence-electron chi connectivity index (χ0n) is 9.99. The fourth-order valence-corrected chi connectivity index (χ4v) is 2.93. The van der Waals surface area contributed by atoms with Crippen molar-refractivity contribution >= 4 is 18.1 Å². The normalized spacial score (nSPS) is 21.7. The van der Waals surface area contributed by atoms with Crippen molar-refractivity contribution in [1.82, 2.24) is 4.98 Å². The molecule has 2 heterocycles. The highest BCUT2D eigenvalue weighted by Gasteiger charge is 2.27. The summed E-state index contributed by atoms with van der Waals surface area (Å²) in [7, 11) is 0. The molecule has 0 radical (unpaired) electrons. The van der Waals surface area contributed by atoms with Crippen molar-refractivity contribution in [3.05, 3.63) is 28.6 Å². The standard InChI is InChI=1S/C14H16N2O/c1-2-9-3-4-10(8-17)14-13(9)11-5-6-15-7-12(11)16-14/h4,6,8-9,16H,2-3,5,7H2,1H3. The zero-order valence-corrected chi connectivity index (χ0v) is 9.99. The van der Waals surface area contributed by atoms with Crippen molar-refractivity contribution in [2.75, 3.05) is 0 Å². The Bertz CT molecular complexity index is 523. The van der Waals surface area contributed by atoms with Gasteiger partial charge >= 0.3 is 0 Å². The molecule has 1 unspecified atom stereocenters. The molecular formula is C14H16N2O. The van der Waals surface area contributed by atoms with Gasteiger partial charge in [0, 0.05) is 23.9 Å². The minimum absolute atomic E-state index is 0.556. The van der Waals surface area contributed by atoms with E-state index in [9.17, 15) is 4.79 Å². The van der Waals surface area contributed by atoms with Gasteiger partial charge in [0.1, 0.15) is 0 Å². The lowest BCUT2D eigenvalue weighted by Crippen LogP contribution is -2.09. The van der Waals surface area contributed by atoms with Gasteiger partial charge in [-0.05, 0) is 29.9 Å². The fraction of sp³-hybridized carbons (Fsp3) is 0.429. The van der Waals surface area contributed by atoms with Crippen LogP contribution in [0.5, 0.6) is 0 Å². The number of allylic oxidation sites excluding steroid dienone is 2. The minimum atomic E-state index is 0.556. The Hall–Kier alpha value is -1.64. The Labute approximate surface area is 101 Å². The van der Waals surface area contributed by atoms with Gasteiger partial charge in [0.25, 0.3) is 0 Å². The van der Waals surface area contributed by atoms with Crippen LogP contribution < -0.4 is 0 Å². The lowest BCUT2D eigenvalue weighted by atomic mass is 9.82. The highest BCUT2D eigenvalue weighted by molar-refractivity contribution is 6.07. The van der Waals surface area contributed by atoms with Crippen LogP contribution in [-0.2, 0) is 17.8 Å². The monoisotopic (exact) mass is 228 g/mol. The number of nitrogens with zero attached hydrogens (tertiary/aromatic N) is 1. The maximum absolute atomic E-state index is 11.1. The van der Waals surface area contributed by atoms with Crippen molar-refractivity contribution in [2.45, 2.75) is 38.6 Å². The highest BCUT2D eigenvalue weighted by Crippen LogP contribution is 2.39. The topological polar surface area (TPSA) is 45.2 Å². The van der Waals surface area contributed by atoms with E-state index in [1.165, 1.54) is 16.8 Å². The summed E-state index contributed by atoms with van der Waals surface area (Å²) in [6.07, 6.45) is 8.03. The molecule has 3 rings (SSSR count). The van der Waals surface area contributed by atoms with Crippen molar-refractivity contribution in [2.24, 2.45) is 4.99 Å². The summed E-state index contributed by atoms with van der Waals surface area (Å²) in [5.41, 5.74) is 5.82. The summed E-state index contributed by atoms with van der Waals surface area (Å²) in [6, 6.07) is 0. The number of carbonyl (C=O) groups is 1. The quantitative estimate of drug-likeness (QED) is 0.777. The van der Waals surface area contributed by atoms with Crippen LogP contribution in [-0.4, -0.2) is 17.5 Å². The lowest BCUT2D eigenvalue weighted by Gasteiger charge is -2.21. The van der Waals surface area contributed by atoms with Gasteiger partial charge in [0.2, 0.25) is 0 Å². The van der Waals surface area contributed by atoms with Crippen LogP contribution in [0.3, 0.4) is 0 Å². The molecule has 1 aliphatic heterocycles. The minimum Gasteiger partial charge on any atom is -0.356 e. The number of H-pyrrole nitrogens is 1. The van der Waals surface area contributed by atoms with Crippen LogP contribution in [0, 0.1) is 0 Å². The van der Waals surface area contributed by atoms with Crippen molar-refractivity contribution < 1.29 is 4.79 Å². The molecule has 0 bridgehead atoms. The first-order chi connectivity index (χ1) is 8.35. The first-order valence-corrected chi connectivity index (χ1v) is 6.22. The van der Waals surface area contributed by atoms with Gasteiger partial charge < -0.3 is 4.98 Å². The summed E-state index contributed by atoms with van der Waals surface area (Å²) in [6.45, 7) is 2.94. The summed E-state index contributed by atoms with van der Waals surface area (Å²) in [5.74, 6) is 0.556. The Morgan fingerprint density at radius 3 is 3.24 bits per heavy atom. The van der Waals surface area contributed by atoms with E-state index in [0.717, 1.165) is 43.4 Å². The van der Waals surface area contributed by atoms with E-state index < -0.39 is 0 Å². The molecular weight excluding hydrogens is 212 g/mol. The van der Waals surface area contributed by atoms with Gasteiger partial charge in [0.05, 0.1) is 12.2 Å². The molecule has 0 fully saturated rings. The van der Waals surface area contributed by atoms with Crippen LogP contribution in [0.4, 0.5) is 0 Å². The van der Waals surface area contributed by atoms with Crippen LogP contribution in [0.25, 0.3) is 5.57 Å². The van der Waals surface area contributed by atoms with E-state index in [1.54, 1.807) is 0 Å². The van der Waals surface area contributed by atoms with Gasteiger partial charge in [0.15, 0.2) is 6.29 Å². The number of aromatic nitrogens is 1. The Morgan fingerprint density at radius 2 is 2.47 bits per heavy atom. The van der Waals surface area contributed by atoms with Crippen LogP contribution >= 0.6 is 0 Å². The first kappa shape index (κ1) is 10.5. The first-order valence-electron chi connectivity index (χ1n) is 6.22. The van der Waals surface area contributed by atoms with Crippen LogP contribution in [0.15, 0.2) is 11.1 Å². The molecule has 3 nitrogen and oxygen atoms in total. The van der Waals surface area contributed by atoms with Crippen LogP contribution in [0.2, 0.25) is 0 Å². The summed E-state index contributed by atoms with van der Waals surface area (Å²) in [4.78, 5) is 18.8. The zero-order chi connectivity index (χ0) is 11.8. The molecule has 17 heavy (non-hydrogen) atoms. The van der Waals surface area contributed by atoms with Crippen molar-refractivity contribution in [3.63, 3.8) is 0 Å². The molecule has 0 spiro atoms. The molecule has 3 heteroatoms. The second-order valence-corrected chi connectivity index (χ2v) is 4.72. The number of aromatic amines is 1. The van der Waals surface area contributed by atoms with Crippen molar-refractivity contribution in [3.8, 4) is 0 Å². The third kappa shape index (κ3) is 1.49. The van der Waals surface area contributed by atoms with E-state index >= 15 is 0 Å². The van der Waals surface area contributed by atoms with E-state index in [-0.39, 0.29) is 0 Å². The number of rotatable bonds is 2. The number of hydrogen-bond donors (Lipinski definition) is 1. The fourth-order valence-electron chi connectivity index (χ4n) is 2.93.